The number of amides is 1. The summed E-state index contributed by atoms with van der Waals surface area (Å²) in [6.45, 7) is 7.66. The monoisotopic (exact) mass is 429 g/mol. The third kappa shape index (κ3) is 5.21. The molecule has 0 aliphatic carbocycles. The van der Waals surface area contributed by atoms with E-state index in [9.17, 15) is 13.2 Å². The maximum absolute atomic E-state index is 12.8. The van der Waals surface area contributed by atoms with Gasteiger partial charge in [0.2, 0.25) is 5.91 Å². The number of anilines is 2. The molecule has 0 unspecified atom stereocenters. The van der Waals surface area contributed by atoms with Crippen molar-refractivity contribution in [1.29, 1.82) is 0 Å². The van der Waals surface area contributed by atoms with E-state index < -0.39 is 10.0 Å². The van der Waals surface area contributed by atoms with Gasteiger partial charge < -0.3 is 5.32 Å². The molecule has 0 saturated heterocycles. The molecule has 1 amide bonds. The minimum atomic E-state index is -3.71. The summed E-state index contributed by atoms with van der Waals surface area (Å²) in [5.41, 5.74) is 2.87. The molecule has 8 heteroatoms. The fourth-order valence-corrected chi connectivity index (χ4v) is 4.52. The van der Waals surface area contributed by atoms with E-state index >= 15 is 0 Å². The quantitative estimate of drug-likeness (QED) is 0.606. The van der Waals surface area contributed by atoms with Gasteiger partial charge in [-0.1, -0.05) is 45.0 Å². The molecular formula is C21H23N3O3S2. The zero-order valence-corrected chi connectivity index (χ0v) is 18.3. The molecule has 152 valence electrons. The van der Waals surface area contributed by atoms with Gasteiger partial charge in [-0.3, -0.25) is 9.52 Å². The van der Waals surface area contributed by atoms with Crippen LogP contribution in [0.4, 0.5) is 10.8 Å². The van der Waals surface area contributed by atoms with Crippen molar-refractivity contribution in [2.75, 3.05) is 10.0 Å². The average molecular weight is 430 g/mol. The summed E-state index contributed by atoms with van der Waals surface area (Å²) in [6.07, 6.45) is 0. The number of hydrogen-bond acceptors (Lipinski definition) is 5. The lowest BCUT2D eigenvalue weighted by molar-refractivity contribution is -0.114. The lowest BCUT2D eigenvalue weighted by Crippen LogP contribution is -2.15. The highest BCUT2D eigenvalue weighted by Gasteiger charge is 2.18. The predicted molar refractivity (Wildman–Crippen MR) is 118 cm³/mol. The van der Waals surface area contributed by atoms with Crippen LogP contribution in [0.2, 0.25) is 0 Å². The number of benzene rings is 2. The van der Waals surface area contributed by atoms with E-state index in [0.29, 0.717) is 16.5 Å². The van der Waals surface area contributed by atoms with Crippen LogP contribution in [0.15, 0.2) is 58.8 Å². The average Bonchev–Trinajstić information content (AvgIpc) is 3.09. The van der Waals surface area contributed by atoms with Crippen molar-refractivity contribution in [1.82, 2.24) is 4.98 Å². The van der Waals surface area contributed by atoms with Crippen LogP contribution in [0.5, 0.6) is 0 Å². The summed E-state index contributed by atoms with van der Waals surface area (Å²) >= 11 is 1.31. The zero-order valence-electron chi connectivity index (χ0n) is 16.7. The first-order chi connectivity index (χ1) is 13.5. The van der Waals surface area contributed by atoms with Crippen LogP contribution in [0.3, 0.4) is 0 Å². The zero-order chi connectivity index (χ0) is 21.2. The Morgan fingerprint density at radius 3 is 2.38 bits per heavy atom. The molecule has 0 fully saturated rings. The molecule has 6 nitrogen and oxygen atoms in total. The van der Waals surface area contributed by atoms with Crippen LogP contribution in [0.1, 0.15) is 33.3 Å². The minimum absolute atomic E-state index is 0.0479. The number of thiazole rings is 1. The van der Waals surface area contributed by atoms with Crippen LogP contribution in [0.25, 0.3) is 11.3 Å². The summed E-state index contributed by atoms with van der Waals surface area (Å²) in [4.78, 5) is 15.7. The van der Waals surface area contributed by atoms with E-state index in [1.165, 1.54) is 18.3 Å². The highest BCUT2D eigenvalue weighted by atomic mass is 32.2. The molecule has 0 bridgehead atoms. The highest BCUT2D eigenvalue weighted by molar-refractivity contribution is 7.92. The molecule has 0 spiro atoms. The van der Waals surface area contributed by atoms with Crippen molar-refractivity contribution >= 4 is 38.1 Å². The molecule has 0 aliphatic rings. The van der Waals surface area contributed by atoms with Crippen LogP contribution in [-0.2, 0) is 20.2 Å². The molecule has 0 saturated carbocycles. The molecular weight excluding hydrogens is 406 g/mol. The Kier molecular flexibility index (Phi) is 5.77. The number of sulfonamides is 1. The maximum Gasteiger partial charge on any atom is 0.261 e. The number of nitrogens with zero attached hydrogens (tertiary/aromatic N) is 1. The van der Waals surface area contributed by atoms with E-state index in [0.717, 1.165) is 11.1 Å². The van der Waals surface area contributed by atoms with Gasteiger partial charge in [-0.2, -0.15) is 0 Å². The Morgan fingerprint density at radius 1 is 1.07 bits per heavy atom. The van der Waals surface area contributed by atoms with E-state index in [4.69, 9.17) is 0 Å². The third-order valence-corrected chi connectivity index (χ3v) is 6.38. The lowest BCUT2D eigenvalue weighted by Gasteiger charge is -2.19. The summed E-state index contributed by atoms with van der Waals surface area (Å²) in [7, 11) is -3.71. The molecule has 2 aromatic carbocycles. The SMILES string of the molecule is CC(=O)Nc1nc(-c2cccc(NS(=O)(=O)c3ccc(C(C)(C)C)cc3)c2)cs1. The Balaban J connectivity index is 1.82. The van der Waals surface area contributed by atoms with Gasteiger partial charge >= 0.3 is 0 Å². The fraction of sp³-hybridized carbons (Fsp3) is 0.238. The predicted octanol–water partition coefficient (Wildman–Crippen LogP) is 4.87. The van der Waals surface area contributed by atoms with Crippen molar-refractivity contribution < 1.29 is 13.2 Å². The molecule has 3 rings (SSSR count). The molecule has 3 aromatic rings. The first-order valence-electron chi connectivity index (χ1n) is 9.01. The summed E-state index contributed by atoms with van der Waals surface area (Å²) in [5.74, 6) is -0.190. The van der Waals surface area contributed by atoms with Gasteiger partial charge in [0.05, 0.1) is 10.6 Å². The molecule has 29 heavy (non-hydrogen) atoms. The van der Waals surface area contributed by atoms with Gasteiger partial charge in [0.15, 0.2) is 5.13 Å². The normalized spacial score (nSPS) is 11.9. The fourth-order valence-electron chi connectivity index (χ4n) is 2.70. The first kappa shape index (κ1) is 21.0. The van der Waals surface area contributed by atoms with Crippen molar-refractivity contribution in [2.24, 2.45) is 0 Å². The number of hydrogen-bond donors (Lipinski definition) is 2. The largest absolute Gasteiger partial charge is 0.302 e. The summed E-state index contributed by atoms with van der Waals surface area (Å²) < 4.78 is 28.1. The van der Waals surface area contributed by atoms with E-state index in [1.807, 2.05) is 23.6 Å². The van der Waals surface area contributed by atoms with Gasteiger partial charge in [-0.25, -0.2) is 13.4 Å². The molecule has 0 radical (unpaired) electrons. The number of aromatic nitrogens is 1. The maximum atomic E-state index is 12.8. The smallest absolute Gasteiger partial charge is 0.261 e. The van der Waals surface area contributed by atoms with Crippen LogP contribution < -0.4 is 10.0 Å². The van der Waals surface area contributed by atoms with Crippen LogP contribution >= 0.6 is 11.3 Å². The third-order valence-electron chi connectivity index (χ3n) is 4.23. The Morgan fingerprint density at radius 2 is 1.76 bits per heavy atom. The lowest BCUT2D eigenvalue weighted by atomic mass is 9.87. The highest BCUT2D eigenvalue weighted by Crippen LogP contribution is 2.28. The standard InChI is InChI=1S/C21H23N3O3S2/c1-14(25)22-20-23-19(13-28-20)15-6-5-7-17(12-15)24-29(26,27)18-10-8-16(9-11-18)21(2,3)4/h5-13,24H,1-4H3,(H,22,23,25). The van der Waals surface area contributed by atoms with Crippen LogP contribution in [0, 0.1) is 0 Å². The van der Waals surface area contributed by atoms with E-state index in [-0.39, 0.29) is 16.2 Å². The van der Waals surface area contributed by atoms with Gasteiger partial charge in [-0.15, -0.1) is 11.3 Å². The second-order valence-corrected chi connectivity index (χ2v) is 10.2. The number of nitrogens with one attached hydrogen (secondary N) is 2. The number of rotatable bonds is 5. The van der Waals surface area contributed by atoms with Crippen molar-refractivity contribution in [3.63, 3.8) is 0 Å². The van der Waals surface area contributed by atoms with Crippen molar-refractivity contribution in [3.8, 4) is 11.3 Å². The number of carbonyl (C=O) groups is 1. The van der Waals surface area contributed by atoms with Crippen LogP contribution in [-0.4, -0.2) is 19.3 Å². The van der Waals surface area contributed by atoms with Crippen molar-refractivity contribution in [2.45, 2.75) is 38.0 Å². The van der Waals surface area contributed by atoms with Crippen molar-refractivity contribution in [3.05, 3.63) is 59.5 Å². The van der Waals surface area contributed by atoms with E-state index in [1.54, 1.807) is 30.3 Å². The summed E-state index contributed by atoms with van der Waals surface area (Å²) in [6, 6.07) is 13.9. The molecule has 0 atom stereocenters. The van der Waals surface area contributed by atoms with Gasteiger partial charge in [0.25, 0.3) is 10.0 Å². The first-order valence-corrected chi connectivity index (χ1v) is 11.4. The minimum Gasteiger partial charge on any atom is -0.302 e. The van der Waals surface area contributed by atoms with Gasteiger partial charge in [-0.05, 0) is 35.2 Å². The Bertz CT molecular complexity index is 1130. The van der Waals surface area contributed by atoms with E-state index in [2.05, 4.69) is 35.8 Å². The Labute approximate surface area is 175 Å². The van der Waals surface area contributed by atoms with Gasteiger partial charge in [0, 0.05) is 23.6 Å². The second-order valence-electron chi connectivity index (χ2n) is 7.68. The number of carbonyl (C=O) groups excluding carboxylic acids is 1. The second kappa shape index (κ2) is 7.96. The van der Waals surface area contributed by atoms with Gasteiger partial charge in [0.1, 0.15) is 0 Å². The molecule has 1 heterocycles. The summed E-state index contributed by atoms with van der Waals surface area (Å²) in [5, 5.41) is 4.95. The molecule has 0 aliphatic heterocycles. The topological polar surface area (TPSA) is 88.2 Å². The Hall–Kier alpha value is -2.71. The molecule has 1 aromatic heterocycles. The molecule has 2 N–H and O–H groups in total.